The Morgan fingerprint density at radius 2 is 0.444 bits per heavy atom. The molecule has 0 aliphatic heterocycles. The molecule has 135 heavy (non-hydrogen) atoms. The Hall–Kier alpha value is -17.2. The van der Waals surface area contributed by atoms with E-state index in [2.05, 4.69) is 495 Å². The Labute approximate surface area is 784 Å². The molecule has 0 spiro atoms. The fourth-order valence-electron chi connectivity index (χ4n) is 23.9. The van der Waals surface area contributed by atoms with Crippen molar-refractivity contribution in [2.45, 2.75) is 35.5 Å². The summed E-state index contributed by atoms with van der Waals surface area (Å²) in [6.07, 6.45) is 5.75. The van der Waals surface area contributed by atoms with Gasteiger partial charge in [0.25, 0.3) is 0 Å². The van der Waals surface area contributed by atoms with Gasteiger partial charge < -0.3 is 13.7 Å². The van der Waals surface area contributed by atoms with Crippen molar-refractivity contribution < 1.29 is 0 Å². The molecule has 24 aromatic rings. The minimum Gasteiger partial charge on any atom is -0.308 e. The van der Waals surface area contributed by atoms with E-state index in [0.717, 1.165) is 66.3 Å². The molecule has 0 amide bonds. The molecule has 4 aliphatic carbocycles. The Morgan fingerprint density at radius 3 is 0.807 bits per heavy atom. The molecule has 0 saturated heterocycles. The van der Waals surface area contributed by atoms with Gasteiger partial charge in [0.2, 0.25) is 0 Å². The minimum atomic E-state index is -0.449. The number of aromatic nitrogens is 6. The third-order valence-electron chi connectivity index (χ3n) is 29.6. The van der Waals surface area contributed by atoms with Gasteiger partial charge in [-0.2, -0.15) is 0 Å². The zero-order chi connectivity index (χ0) is 89.5. The molecule has 634 valence electrons. The fourth-order valence-corrected chi connectivity index (χ4v) is 23.9. The number of nitrogens with zero attached hydrogens (tertiary/aromatic N) is 6. The molecule has 6 nitrogen and oxygen atoms in total. The molecular weight excluding hydrogens is 1630 g/mol. The van der Waals surface area contributed by atoms with Gasteiger partial charge in [0, 0.05) is 57.2 Å². The molecule has 0 fully saturated rings. The summed E-state index contributed by atoms with van der Waals surface area (Å²) in [5.41, 5.74) is 45.3. The molecule has 4 aliphatic rings. The molecule has 28 rings (SSSR count). The van der Waals surface area contributed by atoms with Crippen molar-refractivity contribution in [1.29, 1.82) is 0 Å². The highest BCUT2D eigenvalue weighted by molar-refractivity contribution is 6.13. The minimum absolute atomic E-state index is 0.0793. The second-order valence-corrected chi connectivity index (χ2v) is 36.7. The highest BCUT2D eigenvalue weighted by Crippen LogP contribution is 2.62. The van der Waals surface area contributed by atoms with Gasteiger partial charge in [0.15, 0.2) is 0 Å². The maximum Gasteiger partial charge on any atom is 0.0963 e. The molecule has 0 N–H and O–H groups in total. The highest BCUT2D eigenvalue weighted by atomic mass is 15.0. The molecule has 0 saturated carbocycles. The first-order valence-electron chi connectivity index (χ1n) is 46.8. The number of hydrogen-bond donors (Lipinski definition) is 0. The van der Waals surface area contributed by atoms with Gasteiger partial charge in [-0.05, 0) is 254 Å². The van der Waals surface area contributed by atoms with Gasteiger partial charge >= 0.3 is 0 Å². The molecule has 6 heterocycles. The smallest absolute Gasteiger partial charge is 0.0963 e. The molecule has 0 unspecified atom stereocenters. The lowest BCUT2D eigenvalue weighted by molar-refractivity contribution is 0.660. The van der Waals surface area contributed by atoms with Crippen LogP contribution in [-0.2, 0) is 21.7 Å². The zero-order valence-electron chi connectivity index (χ0n) is 74.5. The van der Waals surface area contributed by atoms with E-state index in [4.69, 9.17) is 15.0 Å². The lowest BCUT2D eigenvalue weighted by atomic mass is 9.67. The molecule has 6 heteroatoms. The predicted octanol–water partition coefficient (Wildman–Crippen LogP) is 31.3. The van der Waals surface area contributed by atoms with E-state index < -0.39 is 16.2 Å². The van der Waals surface area contributed by atoms with Gasteiger partial charge in [-0.25, -0.2) is 0 Å². The summed E-state index contributed by atoms with van der Waals surface area (Å²) in [4.78, 5) is 15.0. The van der Waals surface area contributed by atoms with E-state index >= 15 is 0 Å². The number of fused-ring (bicyclic) bond motifs is 21. The summed E-state index contributed by atoms with van der Waals surface area (Å²) in [7, 11) is 0. The Kier molecular flexibility index (Phi) is 18.3. The van der Waals surface area contributed by atoms with Crippen molar-refractivity contribution in [1.82, 2.24) is 28.7 Å². The van der Waals surface area contributed by atoms with E-state index in [1.807, 2.05) is 30.7 Å². The first-order chi connectivity index (χ1) is 66.8. The Balaban J connectivity index is 0.000000105. The molecule has 0 radical (unpaired) electrons. The van der Waals surface area contributed by atoms with Crippen LogP contribution in [0.25, 0.3) is 150 Å². The number of hydrogen-bond acceptors (Lipinski definition) is 3. The van der Waals surface area contributed by atoms with Crippen molar-refractivity contribution in [2.75, 3.05) is 0 Å². The monoisotopic (exact) mass is 1720 g/mol. The summed E-state index contributed by atoms with van der Waals surface area (Å²) in [6.45, 7) is 4.71. The summed E-state index contributed by atoms with van der Waals surface area (Å²) in [5, 5.41) is 3.50. The standard InChI is InChI=1S/C45H32N2.2C42H28N2/c1-44(2)37-20-11-9-18-32(37)34-24-23-31(26-39(34)44)47-41-22-13-25-46-43(41)36-27-40-35(28-42(36)47)33-19-10-12-21-38(33)45(40,29-14-5-3-6-15-29)30-16-7-4-8-17-30;1-4-14-29(15-5-1)30-16-12-21-33(26-30)44-39-24-13-25-43-41(39)36-27-38-35(28-40(36)44)34-22-10-11-23-37(34)42(38,31-17-6-2-7-18-31)32-19-8-3-9-20-32;1-4-13-29(14-5-1)30-22-24-33(25-23-30)44-39-21-12-26-43-41(39)36-27-38-35(28-40(36)44)34-19-10-11-20-37(34)42(38,31-15-6-2-7-16-31)32-17-8-3-9-18-32/h3-28H,1-2H3;2*1-28H. The van der Waals surface area contributed by atoms with Crippen molar-refractivity contribution in [3.8, 4) is 83.8 Å². The van der Waals surface area contributed by atoms with E-state index in [-0.39, 0.29) is 5.41 Å². The van der Waals surface area contributed by atoms with Gasteiger partial charge in [-0.15, -0.1) is 0 Å². The van der Waals surface area contributed by atoms with Gasteiger partial charge in [0.05, 0.1) is 65.9 Å². The zero-order valence-corrected chi connectivity index (χ0v) is 74.5. The van der Waals surface area contributed by atoms with Crippen LogP contribution in [0.15, 0.2) is 498 Å². The van der Waals surface area contributed by atoms with Crippen LogP contribution in [0.5, 0.6) is 0 Å². The fraction of sp³-hybridized carbons (Fsp3) is 0.0465. The second kappa shape index (κ2) is 31.3. The highest BCUT2D eigenvalue weighted by Gasteiger charge is 2.50. The average Bonchev–Trinajstić information content (AvgIpc) is 1.53. The number of benzene rings is 18. The summed E-state index contributed by atoms with van der Waals surface area (Å²) >= 11 is 0. The summed E-state index contributed by atoms with van der Waals surface area (Å²) in [6, 6.07) is 175. The van der Waals surface area contributed by atoms with Crippen molar-refractivity contribution in [2.24, 2.45) is 0 Å². The van der Waals surface area contributed by atoms with Gasteiger partial charge in [0.1, 0.15) is 0 Å². The molecular formula is C129H88N6. The maximum atomic E-state index is 5.04. The average molecular weight is 1720 g/mol. The van der Waals surface area contributed by atoms with E-state index in [1.165, 1.54) is 161 Å². The van der Waals surface area contributed by atoms with E-state index in [9.17, 15) is 0 Å². The first kappa shape index (κ1) is 78.8. The number of pyridine rings is 3. The molecule has 18 aromatic carbocycles. The van der Waals surface area contributed by atoms with Crippen LogP contribution >= 0.6 is 0 Å². The van der Waals surface area contributed by atoms with Crippen molar-refractivity contribution in [3.05, 3.63) is 576 Å². The second-order valence-electron chi connectivity index (χ2n) is 36.7. The van der Waals surface area contributed by atoms with Crippen molar-refractivity contribution >= 4 is 65.8 Å². The largest absolute Gasteiger partial charge is 0.308 e. The van der Waals surface area contributed by atoms with Crippen LogP contribution in [0, 0.1) is 0 Å². The van der Waals surface area contributed by atoms with Gasteiger partial charge in [-0.1, -0.05) is 384 Å². The van der Waals surface area contributed by atoms with Crippen LogP contribution in [0.1, 0.15) is 91.7 Å². The van der Waals surface area contributed by atoms with E-state index in [1.54, 1.807) is 0 Å². The SMILES string of the molecule is CC1(C)c2ccccc2-c2ccc(-n3c4cc5c(cc4c4ncccc43)C(c3ccccc3)(c3ccccc3)c3ccccc3-5)cc21.c1ccc(-c2ccc(-n3c4cc5c(cc4c4ncccc43)C(c3ccccc3)(c3ccccc3)c3ccccc3-5)cc2)cc1.c1ccc(-c2cccc(-n3c4cc5c(cc4c4ncccc43)C(c3ccccc3)(c3ccccc3)c3ccccc3-5)c2)cc1. The quantitative estimate of drug-likeness (QED) is 0.130. The topological polar surface area (TPSA) is 53.5 Å². The Morgan fingerprint density at radius 1 is 0.170 bits per heavy atom. The lowest BCUT2D eigenvalue weighted by Gasteiger charge is -2.33. The normalized spacial score (nSPS) is 13.8. The third kappa shape index (κ3) is 11.8. The van der Waals surface area contributed by atoms with Crippen LogP contribution in [-0.4, -0.2) is 28.7 Å². The van der Waals surface area contributed by atoms with Crippen molar-refractivity contribution in [3.63, 3.8) is 0 Å². The van der Waals surface area contributed by atoms with Crippen LogP contribution < -0.4 is 0 Å². The predicted molar refractivity (Wildman–Crippen MR) is 556 cm³/mol. The molecule has 6 aromatic heterocycles. The van der Waals surface area contributed by atoms with Crippen LogP contribution in [0.3, 0.4) is 0 Å². The first-order valence-corrected chi connectivity index (χ1v) is 46.8. The summed E-state index contributed by atoms with van der Waals surface area (Å²) in [5.74, 6) is 0. The lowest BCUT2D eigenvalue weighted by Crippen LogP contribution is -2.28. The molecule has 0 bridgehead atoms. The van der Waals surface area contributed by atoms with Gasteiger partial charge in [-0.3, -0.25) is 15.0 Å². The van der Waals surface area contributed by atoms with E-state index in [0.29, 0.717) is 0 Å². The number of rotatable bonds is 11. The van der Waals surface area contributed by atoms with Crippen LogP contribution in [0.2, 0.25) is 0 Å². The Bertz CT molecular complexity index is 8660. The summed E-state index contributed by atoms with van der Waals surface area (Å²) < 4.78 is 7.20. The maximum absolute atomic E-state index is 5.04. The molecule has 0 atom stereocenters. The van der Waals surface area contributed by atoms with Crippen LogP contribution in [0.4, 0.5) is 0 Å². The third-order valence-corrected chi connectivity index (χ3v) is 29.6.